The molecule has 4 nitrogen and oxygen atoms in total. The van der Waals surface area contributed by atoms with E-state index in [1.54, 1.807) is 0 Å². The third-order valence-corrected chi connectivity index (χ3v) is 3.19. The van der Waals surface area contributed by atoms with Crippen LogP contribution in [0.25, 0.3) is 0 Å². The van der Waals surface area contributed by atoms with E-state index in [2.05, 4.69) is 0 Å². The van der Waals surface area contributed by atoms with Gasteiger partial charge >= 0.3 is 0 Å². The normalized spacial score (nSPS) is 12.1. The summed E-state index contributed by atoms with van der Waals surface area (Å²) in [5, 5.41) is -0.729. The first-order valence-electron chi connectivity index (χ1n) is 3.39. The Labute approximate surface area is 92.2 Å². The molecule has 0 radical (unpaired) electrons. The Morgan fingerprint density at radius 3 is 2.27 bits per heavy atom. The van der Waals surface area contributed by atoms with Gasteiger partial charge in [0.05, 0.1) is 5.69 Å². The number of hydrogen-bond donors (Lipinski definition) is 1. The molecule has 1 rings (SSSR count). The van der Waals surface area contributed by atoms with E-state index in [0.29, 0.717) is 6.07 Å². The van der Waals surface area contributed by atoms with E-state index < -0.39 is 36.6 Å². The average molecular weight is 278 g/mol. The Bertz CT molecular complexity index is 540. The van der Waals surface area contributed by atoms with Gasteiger partial charge in [-0.2, -0.15) is 0 Å². The molecule has 0 aliphatic carbocycles. The molecule has 1 heterocycles. The summed E-state index contributed by atoms with van der Waals surface area (Å²) >= 11 is 5.31. The van der Waals surface area contributed by atoms with Gasteiger partial charge in [-0.05, 0) is 0 Å². The Hall–Kier alpha value is -0.660. The second-order valence-electron chi connectivity index (χ2n) is 2.47. The first kappa shape index (κ1) is 12.4. The fourth-order valence-electron chi connectivity index (χ4n) is 0.879. The predicted molar refractivity (Wildman–Crippen MR) is 50.1 cm³/mol. The molecule has 0 aromatic carbocycles. The van der Waals surface area contributed by atoms with Gasteiger partial charge in [0.2, 0.25) is 5.43 Å². The summed E-state index contributed by atoms with van der Waals surface area (Å²) in [6.45, 7) is 0. The highest BCUT2D eigenvalue weighted by Crippen LogP contribution is 2.22. The number of H-pyrrole nitrogens is 1. The zero-order chi connectivity index (χ0) is 11.8. The number of hydrogen-bond acceptors (Lipinski definition) is 3. The molecule has 1 N–H and O–H groups in total. The van der Waals surface area contributed by atoms with Crippen molar-refractivity contribution < 1.29 is 17.2 Å². The first-order valence-corrected chi connectivity index (χ1v) is 6.07. The van der Waals surface area contributed by atoms with Crippen LogP contribution in [0.5, 0.6) is 0 Å². The van der Waals surface area contributed by atoms with Crippen LogP contribution >= 0.6 is 22.3 Å². The van der Waals surface area contributed by atoms with E-state index in [-0.39, 0.29) is 0 Å². The molecule has 15 heavy (non-hydrogen) atoms. The van der Waals surface area contributed by atoms with Crippen molar-refractivity contribution in [3.8, 4) is 0 Å². The van der Waals surface area contributed by atoms with Crippen LogP contribution in [0.4, 0.5) is 8.78 Å². The summed E-state index contributed by atoms with van der Waals surface area (Å²) in [7, 11) is 0.526. The van der Waals surface area contributed by atoms with Crippen LogP contribution in [-0.4, -0.2) is 13.4 Å². The van der Waals surface area contributed by atoms with Gasteiger partial charge in [-0.1, -0.05) is 11.6 Å². The molecular formula is C6H3Cl2F2NO3S. The second-order valence-corrected chi connectivity index (χ2v) is 5.35. The van der Waals surface area contributed by atoms with Gasteiger partial charge in [-0.3, -0.25) is 4.79 Å². The molecular weight excluding hydrogens is 275 g/mol. The van der Waals surface area contributed by atoms with Gasteiger partial charge in [0.25, 0.3) is 15.5 Å². The molecule has 0 amide bonds. The molecule has 0 atom stereocenters. The van der Waals surface area contributed by atoms with Gasteiger partial charge in [0.15, 0.2) is 4.90 Å². The first-order chi connectivity index (χ1) is 6.73. The van der Waals surface area contributed by atoms with Crippen LogP contribution in [0.1, 0.15) is 12.1 Å². The molecule has 0 spiro atoms. The zero-order valence-electron chi connectivity index (χ0n) is 6.80. The minimum Gasteiger partial charge on any atom is -0.343 e. The monoisotopic (exact) mass is 277 g/mol. The number of rotatable bonds is 2. The highest BCUT2D eigenvalue weighted by molar-refractivity contribution is 8.13. The van der Waals surface area contributed by atoms with Crippen molar-refractivity contribution in [1.29, 1.82) is 0 Å². The van der Waals surface area contributed by atoms with Crippen molar-refractivity contribution in [3.05, 3.63) is 27.1 Å². The van der Waals surface area contributed by atoms with E-state index >= 15 is 0 Å². The highest BCUT2D eigenvalue weighted by atomic mass is 35.7. The largest absolute Gasteiger partial charge is 0.343 e. The lowest BCUT2D eigenvalue weighted by molar-refractivity contribution is 0.146. The second kappa shape index (κ2) is 4.07. The van der Waals surface area contributed by atoms with Crippen molar-refractivity contribution in [2.24, 2.45) is 0 Å². The van der Waals surface area contributed by atoms with Crippen LogP contribution in [0, 0.1) is 0 Å². The summed E-state index contributed by atoms with van der Waals surface area (Å²) in [4.78, 5) is 12.1. The number of aromatic amines is 1. The minimum atomic E-state index is -4.35. The number of halogens is 4. The molecule has 0 aliphatic rings. The van der Waals surface area contributed by atoms with Crippen molar-refractivity contribution in [2.75, 3.05) is 0 Å². The van der Waals surface area contributed by atoms with Crippen LogP contribution in [0.3, 0.4) is 0 Å². The van der Waals surface area contributed by atoms with Crippen LogP contribution in [0.15, 0.2) is 15.8 Å². The summed E-state index contributed by atoms with van der Waals surface area (Å²) in [5.74, 6) is 0. The molecule has 0 saturated carbocycles. The average Bonchev–Trinajstić information content (AvgIpc) is 1.99. The third-order valence-electron chi connectivity index (χ3n) is 1.44. The Kier molecular flexibility index (Phi) is 3.37. The number of pyridine rings is 1. The fraction of sp³-hybridized carbons (Fsp3) is 0.167. The Morgan fingerprint density at radius 1 is 1.40 bits per heavy atom. The maximum Gasteiger partial charge on any atom is 0.278 e. The van der Waals surface area contributed by atoms with E-state index in [9.17, 15) is 22.0 Å². The van der Waals surface area contributed by atoms with Gasteiger partial charge in [-0.25, -0.2) is 17.2 Å². The molecule has 0 unspecified atom stereocenters. The molecule has 0 fully saturated rings. The number of alkyl halides is 2. The Morgan fingerprint density at radius 2 is 1.93 bits per heavy atom. The molecule has 1 aromatic heterocycles. The van der Waals surface area contributed by atoms with Crippen LogP contribution in [0.2, 0.25) is 5.15 Å². The smallest absolute Gasteiger partial charge is 0.278 e. The summed E-state index contributed by atoms with van der Waals surface area (Å²) < 4.78 is 45.9. The van der Waals surface area contributed by atoms with E-state index in [1.807, 2.05) is 4.98 Å². The summed E-state index contributed by atoms with van der Waals surface area (Å²) in [6.07, 6.45) is -2.96. The van der Waals surface area contributed by atoms with Gasteiger partial charge in [0, 0.05) is 16.7 Å². The van der Waals surface area contributed by atoms with Crippen LogP contribution in [-0.2, 0) is 9.05 Å². The van der Waals surface area contributed by atoms with Crippen LogP contribution < -0.4 is 5.43 Å². The van der Waals surface area contributed by atoms with Crippen molar-refractivity contribution in [2.45, 2.75) is 11.3 Å². The van der Waals surface area contributed by atoms with Gasteiger partial charge in [0.1, 0.15) is 5.15 Å². The van der Waals surface area contributed by atoms with E-state index in [4.69, 9.17) is 22.3 Å². The summed E-state index contributed by atoms with van der Waals surface area (Å²) in [6, 6.07) is 0.436. The quantitative estimate of drug-likeness (QED) is 0.663. The SMILES string of the molecule is O=c1cc(C(F)F)[nH]c(Cl)c1S(=O)(=O)Cl. The lowest BCUT2D eigenvalue weighted by Gasteiger charge is -2.03. The van der Waals surface area contributed by atoms with Gasteiger partial charge in [-0.15, -0.1) is 0 Å². The maximum atomic E-state index is 12.1. The number of aromatic nitrogens is 1. The standard InChI is InChI=1S/C6H3Cl2F2NO3S/c7-5-4(15(8,13)14)3(12)1-2(11-5)6(9)10/h1,6H,(H,11,12). The molecule has 9 heteroatoms. The van der Waals surface area contributed by atoms with Crippen molar-refractivity contribution in [1.82, 2.24) is 4.98 Å². The lowest BCUT2D eigenvalue weighted by atomic mass is 10.3. The lowest BCUT2D eigenvalue weighted by Crippen LogP contribution is -2.14. The molecule has 0 aliphatic heterocycles. The minimum absolute atomic E-state index is 0.436. The number of nitrogens with one attached hydrogen (secondary N) is 1. The predicted octanol–water partition coefficient (Wildman–Crippen LogP) is 1.89. The zero-order valence-corrected chi connectivity index (χ0v) is 9.13. The van der Waals surface area contributed by atoms with Gasteiger partial charge < -0.3 is 4.98 Å². The van der Waals surface area contributed by atoms with Crippen molar-refractivity contribution in [3.63, 3.8) is 0 Å². The van der Waals surface area contributed by atoms with Crippen molar-refractivity contribution >= 4 is 31.3 Å². The maximum absolute atomic E-state index is 12.1. The van der Waals surface area contributed by atoms with E-state index in [0.717, 1.165) is 0 Å². The Balaban J connectivity index is 3.56. The molecule has 1 aromatic rings. The molecule has 0 bridgehead atoms. The third kappa shape index (κ3) is 2.67. The fourth-order valence-corrected chi connectivity index (χ4v) is 2.53. The highest BCUT2D eigenvalue weighted by Gasteiger charge is 2.22. The van der Waals surface area contributed by atoms with E-state index in [1.165, 1.54) is 0 Å². The molecule has 0 saturated heterocycles. The topological polar surface area (TPSA) is 67.0 Å². The summed E-state index contributed by atoms with van der Waals surface area (Å²) in [5.41, 5.74) is -1.95. The molecule has 84 valence electrons.